The largest absolute Gasteiger partial charge is 0.383 e. The number of hydrogen-bond donors (Lipinski definition) is 0. The van der Waals surface area contributed by atoms with Crippen molar-refractivity contribution >= 4 is 0 Å². The van der Waals surface area contributed by atoms with E-state index in [4.69, 9.17) is 9.47 Å². The average Bonchev–Trinajstić information content (AvgIpc) is 1.93. The summed E-state index contributed by atoms with van der Waals surface area (Å²) in [4.78, 5) is 2.40. The molecule has 0 unspecified atom stereocenters. The van der Waals surface area contributed by atoms with Gasteiger partial charge in [0, 0.05) is 13.7 Å². The molecule has 1 fully saturated rings. The zero-order valence-electron chi connectivity index (χ0n) is 7.38. The summed E-state index contributed by atoms with van der Waals surface area (Å²) in [7, 11) is 1.74. The Hall–Kier alpha value is -0.120. The highest BCUT2D eigenvalue weighted by Crippen LogP contribution is 2.08. The number of hydrogen-bond acceptors (Lipinski definition) is 3. The van der Waals surface area contributed by atoms with Crippen LogP contribution < -0.4 is 0 Å². The molecule has 0 aromatic rings. The van der Waals surface area contributed by atoms with Crippen LogP contribution in [0.5, 0.6) is 0 Å². The fourth-order valence-electron chi connectivity index (χ4n) is 1.24. The van der Waals surface area contributed by atoms with Crippen LogP contribution in [-0.2, 0) is 9.47 Å². The van der Waals surface area contributed by atoms with Crippen molar-refractivity contribution in [2.24, 2.45) is 0 Å². The van der Waals surface area contributed by atoms with Crippen LogP contribution in [0.1, 0.15) is 6.92 Å². The van der Waals surface area contributed by atoms with Gasteiger partial charge >= 0.3 is 0 Å². The molecule has 0 atom stereocenters. The molecule has 3 nitrogen and oxygen atoms in total. The molecule has 0 spiro atoms. The maximum absolute atomic E-state index is 5.12. The molecule has 0 saturated carbocycles. The molecule has 0 aromatic heterocycles. The smallest absolute Gasteiger partial charge is 0.0645 e. The van der Waals surface area contributed by atoms with Gasteiger partial charge in [0.2, 0.25) is 0 Å². The lowest BCUT2D eigenvalue weighted by Crippen LogP contribution is -2.49. The van der Waals surface area contributed by atoms with E-state index in [1.807, 2.05) is 0 Å². The third-order valence-corrected chi connectivity index (χ3v) is 2.13. The summed E-state index contributed by atoms with van der Waals surface area (Å²) in [5, 5.41) is 0. The van der Waals surface area contributed by atoms with Crippen LogP contribution in [0.2, 0.25) is 0 Å². The molecule has 0 bridgehead atoms. The summed E-state index contributed by atoms with van der Waals surface area (Å²) >= 11 is 0. The quantitative estimate of drug-likeness (QED) is 0.578. The molecular weight excluding hydrogens is 142 g/mol. The molecule has 0 radical (unpaired) electrons. The van der Waals surface area contributed by atoms with Crippen molar-refractivity contribution in [3.05, 3.63) is 0 Å². The molecule has 11 heavy (non-hydrogen) atoms. The van der Waals surface area contributed by atoms with Crippen molar-refractivity contribution in [2.45, 2.75) is 13.0 Å². The number of nitrogens with zero attached hydrogens (tertiary/aromatic N) is 1. The van der Waals surface area contributed by atoms with Gasteiger partial charge in [-0.2, -0.15) is 0 Å². The third-order valence-electron chi connectivity index (χ3n) is 2.13. The molecular formula is C8H17NO2. The highest BCUT2D eigenvalue weighted by atomic mass is 16.5. The molecule has 66 valence electrons. The van der Waals surface area contributed by atoms with Gasteiger partial charge in [-0.15, -0.1) is 0 Å². The molecule has 1 saturated heterocycles. The lowest BCUT2D eigenvalue weighted by molar-refractivity contribution is -0.0678. The van der Waals surface area contributed by atoms with E-state index in [-0.39, 0.29) is 0 Å². The van der Waals surface area contributed by atoms with Gasteiger partial charge in [-0.05, 0) is 6.54 Å². The Morgan fingerprint density at radius 2 is 2.27 bits per heavy atom. The lowest BCUT2D eigenvalue weighted by atomic mass is 10.2. The average molecular weight is 159 g/mol. The van der Waals surface area contributed by atoms with Crippen LogP contribution in [0.15, 0.2) is 0 Å². The highest BCUT2D eigenvalue weighted by Gasteiger charge is 2.23. The van der Waals surface area contributed by atoms with Crippen LogP contribution >= 0.6 is 0 Å². The topological polar surface area (TPSA) is 21.7 Å². The molecule has 0 N–H and O–H groups in total. The van der Waals surface area contributed by atoms with Gasteiger partial charge < -0.3 is 9.47 Å². The SMILES string of the molecule is CCN(CCOC)C1COC1. The molecule has 3 heteroatoms. The minimum absolute atomic E-state index is 0.648. The number of methoxy groups -OCH3 is 1. The van der Waals surface area contributed by atoms with E-state index >= 15 is 0 Å². The summed E-state index contributed by atoms with van der Waals surface area (Å²) in [5.74, 6) is 0. The van der Waals surface area contributed by atoms with Gasteiger partial charge in [0.25, 0.3) is 0 Å². The Labute approximate surface area is 68.3 Å². The van der Waals surface area contributed by atoms with Crippen LogP contribution in [0.4, 0.5) is 0 Å². The Morgan fingerprint density at radius 3 is 2.64 bits per heavy atom. The van der Waals surface area contributed by atoms with Crippen LogP contribution in [0, 0.1) is 0 Å². The maximum atomic E-state index is 5.12. The predicted octanol–water partition coefficient (Wildman–Crippen LogP) is 0.353. The van der Waals surface area contributed by atoms with Crippen LogP contribution in [-0.4, -0.2) is 51.0 Å². The van der Waals surface area contributed by atoms with Gasteiger partial charge in [0.15, 0.2) is 0 Å². The van der Waals surface area contributed by atoms with E-state index in [2.05, 4.69) is 11.8 Å². The maximum Gasteiger partial charge on any atom is 0.0645 e. The molecule has 1 heterocycles. The molecule has 1 aliphatic heterocycles. The predicted molar refractivity (Wildman–Crippen MR) is 43.7 cm³/mol. The second-order valence-corrected chi connectivity index (χ2v) is 2.81. The molecule has 0 aliphatic carbocycles. The van der Waals surface area contributed by atoms with Gasteiger partial charge in [-0.25, -0.2) is 0 Å². The second-order valence-electron chi connectivity index (χ2n) is 2.81. The van der Waals surface area contributed by atoms with Crippen molar-refractivity contribution in [1.29, 1.82) is 0 Å². The zero-order chi connectivity index (χ0) is 8.10. The second kappa shape index (κ2) is 4.70. The van der Waals surface area contributed by atoms with E-state index in [1.165, 1.54) is 0 Å². The Morgan fingerprint density at radius 1 is 1.55 bits per heavy atom. The Kier molecular flexibility index (Phi) is 3.83. The van der Waals surface area contributed by atoms with Gasteiger partial charge in [-0.3, -0.25) is 4.90 Å². The first-order chi connectivity index (χ1) is 5.38. The molecule has 1 aliphatic rings. The normalized spacial score (nSPS) is 18.8. The van der Waals surface area contributed by atoms with E-state index in [1.54, 1.807) is 7.11 Å². The van der Waals surface area contributed by atoms with Crippen molar-refractivity contribution < 1.29 is 9.47 Å². The lowest BCUT2D eigenvalue weighted by Gasteiger charge is -2.36. The van der Waals surface area contributed by atoms with E-state index in [0.29, 0.717) is 6.04 Å². The van der Waals surface area contributed by atoms with Crippen molar-refractivity contribution in [3.8, 4) is 0 Å². The standard InChI is InChI=1S/C8H17NO2/c1-3-9(4-5-10-2)8-6-11-7-8/h8H,3-7H2,1-2H3. The first-order valence-electron chi connectivity index (χ1n) is 4.19. The minimum atomic E-state index is 0.648. The highest BCUT2D eigenvalue weighted by molar-refractivity contribution is 4.76. The zero-order valence-corrected chi connectivity index (χ0v) is 7.38. The van der Waals surface area contributed by atoms with E-state index < -0.39 is 0 Å². The summed E-state index contributed by atoms with van der Waals surface area (Å²) in [6.45, 7) is 6.92. The summed E-state index contributed by atoms with van der Waals surface area (Å²) in [6, 6.07) is 0.648. The fraction of sp³-hybridized carbons (Fsp3) is 1.00. The van der Waals surface area contributed by atoms with Crippen LogP contribution in [0.25, 0.3) is 0 Å². The number of ether oxygens (including phenoxy) is 2. The summed E-state index contributed by atoms with van der Waals surface area (Å²) < 4.78 is 10.1. The third kappa shape index (κ3) is 2.43. The van der Waals surface area contributed by atoms with Crippen molar-refractivity contribution in [3.63, 3.8) is 0 Å². The molecule has 1 rings (SSSR count). The summed E-state index contributed by atoms with van der Waals surface area (Å²) in [6.07, 6.45) is 0. The van der Waals surface area contributed by atoms with Crippen molar-refractivity contribution in [1.82, 2.24) is 4.90 Å². The fourth-order valence-corrected chi connectivity index (χ4v) is 1.24. The first-order valence-corrected chi connectivity index (χ1v) is 4.19. The van der Waals surface area contributed by atoms with Gasteiger partial charge in [0.05, 0.1) is 25.9 Å². The Bertz CT molecular complexity index is 104. The first kappa shape index (κ1) is 8.97. The molecule has 0 aromatic carbocycles. The number of likely N-dealkylation sites (N-methyl/N-ethyl adjacent to an activating group) is 1. The van der Waals surface area contributed by atoms with Crippen LogP contribution in [0.3, 0.4) is 0 Å². The van der Waals surface area contributed by atoms with Gasteiger partial charge in [-0.1, -0.05) is 6.92 Å². The minimum Gasteiger partial charge on any atom is -0.383 e. The summed E-state index contributed by atoms with van der Waals surface area (Å²) in [5.41, 5.74) is 0. The van der Waals surface area contributed by atoms with E-state index in [9.17, 15) is 0 Å². The van der Waals surface area contributed by atoms with Crippen molar-refractivity contribution in [2.75, 3.05) is 40.0 Å². The monoisotopic (exact) mass is 159 g/mol. The Balaban J connectivity index is 2.13. The van der Waals surface area contributed by atoms with E-state index in [0.717, 1.165) is 32.9 Å². The molecule has 0 amide bonds. The van der Waals surface area contributed by atoms with Gasteiger partial charge in [0.1, 0.15) is 0 Å². The number of rotatable bonds is 5.